The van der Waals surface area contributed by atoms with Crippen molar-refractivity contribution in [1.29, 1.82) is 0 Å². The predicted molar refractivity (Wildman–Crippen MR) is 104 cm³/mol. The van der Waals surface area contributed by atoms with E-state index in [2.05, 4.69) is 22.5 Å². The van der Waals surface area contributed by atoms with Crippen LogP contribution in [0, 0.1) is 5.92 Å². The Balaban J connectivity index is 1.82. The molecule has 0 N–H and O–H groups in total. The van der Waals surface area contributed by atoms with Crippen LogP contribution in [0.25, 0.3) is 0 Å². The quantitative estimate of drug-likeness (QED) is 0.713. The number of amides is 2. The summed E-state index contributed by atoms with van der Waals surface area (Å²) in [7, 11) is 0. The van der Waals surface area contributed by atoms with Crippen LogP contribution in [0.15, 0.2) is 71.7 Å². The minimum atomic E-state index is -0.361. The molecule has 2 amide bonds. The van der Waals surface area contributed by atoms with Crippen molar-refractivity contribution in [3.63, 3.8) is 0 Å². The standard InChI is InChI=1S/C20H19BrN2O2/c1-2-12-22(16-8-4-3-5-9-16)20(25)15-13-19(24)23(14-15)18-11-7-6-10-17(18)21/h2-11,15H,1,12-14H2. The van der Waals surface area contributed by atoms with E-state index in [0.717, 1.165) is 15.8 Å². The molecule has 1 heterocycles. The van der Waals surface area contributed by atoms with E-state index in [1.54, 1.807) is 15.9 Å². The summed E-state index contributed by atoms with van der Waals surface area (Å²) >= 11 is 3.48. The molecule has 0 bridgehead atoms. The summed E-state index contributed by atoms with van der Waals surface area (Å²) < 4.78 is 0.849. The van der Waals surface area contributed by atoms with Crippen LogP contribution in [-0.4, -0.2) is 24.9 Å². The van der Waals surface area contributed by atoms with Crippen molar-refractivity contribution in [1.82, 2.24) is 0 Å². The normalized spacial score (nSPS) is 16.8. The van der Waals surface area contributed by atoms with Crippen LogP contribution in [0.1, 0.15) is 6.42 Å². The van der Waals surface area contributed by atoms with E-state index in [1.165, 1.54) is 0 Å². The third kappa shape index (κ3) is 3.66. The molecule has 25 heavy (non-hydrogen) atoms. The number of benzene rings is 2. The summed E-state index contributed by atoms with van der Waals surface area (Å²) in [5, 5.41) is 0. The second-order valence-electron chi connectivity index (χ2n) is 5.93. The third-order valence-corrected chi connectivity index (χ3v) is 4.93. The van der Waals surface area contributed by atoms with Crippen LogP contribution >= 0.6 is 15.9 Å². The SMILES string of the molecule is C=CCN(C(=O)C1CC(=O)N(c2ccccc2Br)C1)c1ccccc1. The number of nitrogens with zero attached hydrogens (tertiary/aromatic N) is 2. The van der Waals surface area contributed by atoms with Gasteiger partial charge in [-0.25, -0.2) is 0 Å². The highest BCUT2D eigenvalue weighted by Crippen LogP contribution is 2.32. The number of rotatable bonds is 5. The van der Waals surface area contributed by atoms with Crippen molar-refractivity contribution in [2.45, 2.75) is 6.42 Å². The average Bonchev–Trinajstić information content (AvgIpc) is 3.02. The Morgan fingerprint density at radius 2 is 1.88 bits per heavy atom. The molecule has 0 aliphatic carbocycles. The lowest BCUT2D eigenvalue weighted by Crippen LogP contribution is -2.37. The smallest absolute Gasteiger partial charge is 0.232 e. The highest BCUT2D eigenvalue weighted by atomic mass is 79.9. The number of para-hydroxylation sites is 2. The van der Waals surface area contributed by atoms with Gasteiger partial charge in [-0.1, -0.05) is 36.4 Å². The van der Waals surface area contributed by atoms with Gasteiger partial charge >= 0.3 is 0 Å². The topological polar surface area (TPSA) is 40.6 Å². The molecule has 4 nitrogen and oxygen atoms in total. The van der Waals surface area contributed by atoms with Gasteiger partial charge in [0.15, 0.2) is 0 Å². The molecular formula is C20H19BrN2O2. The summed E-state index contributed by atoms with van der Waals surface area (Å²) in [6.07, 6.45) is 1.92. The van der Waals surface area contributed by atoms with Crippen molar-refractivity contribution >= 4 is 39.1 Å². The maximum absolute atomic E-state index is 13.0. The summed E-state index contributed by atoms with van der Waals surface area (Å²) in [5.41, 5.74) is 1.62. The molecule has 2 aromatic carbocycles. The Morgan fingerprint density at radius 3 is 2.56 bits per heavy atom. The first-order valence-corrected chi connectivity index (χ1v) is 8.93. The van der Waals surface area contributed by atoms with E-state index in [0.29, 0.717) is 13.1 Å². The van der Waals surface area contributed by atoms with Crippen LogP contribution in [0.4, 0.5) is 11.4 Å². The Kier molecular flexibility index (Phi) is 5.34. The maximum Gasteiger partial charge on any atom is 0.232 e. The fourth-order valence-corrected chi connectivity index (χ4v) is 3.56. The monoisotopic (exact) mass is 398 g/mol. The number of anilines is 2. The Bertz CT molecular complexity index is 791. The molecule has 0 radical (unpaired) electrons. The first-order valence-electron chi connectivity index (χ1n) is 8.14. The van der Waals surface area contributed by atoms with Gasteiger partial charge in [0, 0.05) is 29.7 Å². The van der Waals surface area contributed by atoms with E-state index < -0.39 is 0 Å². The molecule has 0 aromatic heterocycles. The Labute approximate surface area is 155 Å². The maximum atomic E-state index is 13.0. The summed E-state index contributed by atoms with van der Waals surface area (Å²) in [6.45, 7) is 4.56. The second-order valence-corrected chi connectivity index (χ2v) is 6.78. The number of carbonyl (C=O) groups is 2. The van der Waals surface area contributed by atoms with Gasteiger partial charge in [0.1, 0.15) is 0 Å². The summed E-state index contributed by atoms with van der Waals surface area (Å²) in [6, 6.07) is 17.0. The van der Waals surface area contributed by atoms with Crippen molar-refractivity contribution in [2.24, 2.45) is 5.92 Å². The lowest BCUT2D eigenvalue weighted by Gasteiger charge is -2.24. The molecule has 1 saturated heterocycles. The number of carbonyl (C=O) groups excluding carboxylic acids is 2. The first kappa shape index (κ1) is 17.4. The lowest BCUT2D eigenvalue weighted by atomic mass is 10.1. The molecule has 1 fully saturated rings. The summed E-state index contributed by atoms with van der Waals surface area (Å²) in [4.78, 5) is 28.9. The largest absolute Gasteiger partial charge is 0.310 e. The van der Waals surface area contributed by atoms with Crippen molar-refractivity contribution in [2.75, 3.05) is 22.9 Å². The molecule has 2 aromatic rings. The van der Waals surface area contributed by atoms with Gasteiger partial charge in [0.25, 0.3) is 0 Å². The minimum absolute atomic E-state index is 0.0307. The molecule has 128 valence electrons. The van der Waals surface area contributed by atoms with Gasteiger partial charge in [-0.3, -0.25) is 9.59 Å². The molecule has 1 atom stereocenters. The minimum Gasteiger partial charge on any atom is -0.310 e. The van der Waals surface area contributed by atoms with Gasteiger partial charge in [0.2, 0.25) is 11.8 Å². The molecular weight excluding hydrogens is 380 g/mol. The third-order valence-electron chi connectivity index (χ3n) is 4.26. The van der Waals surface area contributed by atoms with Crippen molar-refractivity contribution < 1.29 is 9.59 Å². The van der Waals surface area contributed by atoms with Gasteiger partial charge in [0.05, 0.1) is 11.6 Å². The van der Waals surface area contributed by atoms with E-state index in [-0.39, 0.29) is 24.2 Å². The van der Waals surface area contributed by atoms with E-state index in [4.69, 9.17) is 0 Å². The first-order chi connectivity index (χ1) is 12.1. The second kappa shape index (κ2) is 7.66. The zero-order chi connectivity index (χ0) is 17.8. The molecule has 0 saturated carbocycles. The van der Waals surface area contributed by atoms with E-state index in [1.807, 2.05) is 54.6 Å². The molecule has 1 aliphatic rings. The average molecular weight is 399 g/mol. The number of halogens is 1. The van der Waals surface area contributed by atoms with Crippen LogP contribution < -0.4 is 9.80 Å². The lowest BCUT2D eigenvalue weighted by molar-refractivity contribution is -0.124. The van der Waals surface area contributed by atoms with Crippen molar-refractivity contribution in [3.8, 4) is 0 Å². The molecule has 1 unspecified atom stereocenters. The highest BCUT2D eigenvalue weighted by Gasteiger charge is 2.37. The highest BCUT2D eigenvalue weighted by molar-refractivity contribution is 9.10. The van der Waals surface area contributed by atoms with Crippen molar-refractivity contribution in [3.05, 3.63) is 71.7 Å². The molecule has 5 heteroatoms. The van der Waals surface area contributed by atoms with Crippen LogP contribution in [0.3, 0.4) is 0 Å². The number of hydrogen-bond donors (Lipinski definition) is 0. The molecule has 0 spiro atoms. The van der Waals surface area contributed by atoms with E-state index >= 15 is 0 Å². The zero-order valence-corrected chi connectivity index (χ0v) is 15.4. The van der Waals surface area contributed by atoms with Crippen LogP contribution in [-0.2, 0) is 9.59 Å². The van der Waals surface area contributed by atoms with Gasteiger partial charge in [-0.15, -0.1) is 6.58 Å². The fourth-order valence-electron chi connectivity index (χ4n) is 3.06. The van der Waals surface area contributed by atoms with E-state index in [9.17, 15) is 9.59 Å². The summed E-state index contributed by atoms with van der Waals surface area (Å²) in [5.74, 6) is -0.439. The Morgan fingerprint density at radius 1 is 1.20 bits per heavy atom. The Hall–Kier alpha value is -2.40. The van der Waals surface area contributed by atoms with Gasteiger partial charge < -0.3 is 9.80 Å². The molecule has 1 aliphatic heterocycles. The molecule has 3 rings (SSSR count). The van der Waals surface area contributed by atoms with Crippen LogP contribution in [0.2, 0.25) is 0 Å². The zero-order valence-electron chi connectivity index (χ0n) is 13.8. The van der Waals surface area contributed by atoms with Gasteiger partial charge in [-0.05, 0) is 40.2 Å². The predicted octanol–water partition coefficient (Wildman–Crippen LogP) is 4.02. The van der Waals surface area contributed by atoms with Crippen LogP contribution in [0.5, 0.6) is 0 Å². The number of hydrogen-bond acceptors (Lipinski definition) is 2. The van der Waals surface area contributed by atoms with Gasteiger partial charge in [-0.2, -0.15) is 0 Å². The fraction of sp³-hybridized carbons (Fsp3) is 0.200.